The average Bonchev–Trinajstić information content (AvgIpc) is 3.29. The molecule has 0 aromatic rings. The van der Waals surface area contributed by atoms with E-state index in [1.54, 1.807) is 11.6 Å². The van der Waals surface area contributed by atoms with E-state index in [-0.39, 0.29) is 6.61 Å². The van der Waals surface area contributed by atoms with Crippen molar-refractivity contribution >= 4 is 5.91 Å². The highest BCUT2D eigenvalue weighted by Gasteiger charge is 2.44. The molecule has 0 aromatic heterocycles. The first-order valence-corrected chi connectivity index (χ1v) is 26.7. The minimum Gasteiger partial charge on any atom is -0.394 e. The third kappa shape index (κ3) is 32.1. The van der Waals surface area contributed by atoms with Crippen LogP contribution in [-0.2, 0) is 14.3 Å². The second-order valence-corrected chi connectivity index (χ2v) is 19.0. The van der Waals surface area contributed by atoms with E-state index in [0.717, 1.165) is 38.5 Å². The first-order chi connectivity index (χ1) is 31.2. The van der Waals surface area contributed by atoms with E-state index in [2.05, 4.69) is 32.2 Å². The molecule has 1 saturated heterocycles. The van der Waals surface area contributed by atoms with E-state index in [4.69, 9.17) is 9.47 Å². The van der Waals surface area contributed by atoms with Crippen LogP contribution >= 0.6 is 0 Å². The number of carbonyl (C=O) groups is 1. The molecule has 1 rings (SSSR count). The predicted molar refractivity (Wildman–Crippen MR) is 264 cm³/mol. The number of nitrogens with one attached hydrogen (secondary N) is 1. The Morgan fingerprint density at radius 3 is 1.47 bits per heavy atom. The topological polar surface area (TPSA) is 169 Å². The van der Waals surface area contributed by atoms with E-state index >= 15 is 0 Å². The summed E-state index contributed by atoms with van der Waals surface area (Å²) in [5, 5.41) is 64.7. The maximum Gasteiger partial charge on any atom is 0.253 e. The molecule has 7 N–H and O–H groups in total. The number of aliphatic hydroxyl groups excluding tert-OH is 6. The van der Waals surface area contributed by atoms with Crippen molar-refractivity contribution in [2.75, 3.05) is 13.2 Å². The molecule has 3 unspecified atom stereocenters. The highest BCUT2D eigenvalue weighted by atomic mass is 16.7. The summed E-state index contributed by atoms with van der Waals surface area (Å²) in [5.74, 6) is -0.702. The summed E-state index contributed by atoms with van der Waals surface area (Å²) in [7, 11) is 0. The monoisotopic (exact) mass is 908 g/mol. The molecular formula is C54H101NO9. The van der Waals surface area contributed by atoms with Gasteiger partial charge in [-0.05, 0) is 58.3 Å². The highest BCUT2D eigenvalue weighted by molar-refractivity contribution is 5.82. The Bertz CT molecular complexity index is 1150. The molecule has 0 aliphatic carbocycles. The standard InChI is InChI=1S/C54H101NO9/c1-4-6-8-10-12-14-16-17-21-26-30-34-38-42-48(58)53(62)55-46(44-63-54-52(61)51(60)50(59)49(43-56)64-54)47(57)41-37-33-29-25-22-18-20-24-28-32-36-40-45(3)39-35-31-27-23-19-15-13-11-9-7-5-2/h37-39,41-42,46-52,54,56-61H,4-36,40,43-44H2,1-3H3,(H,55,62)/b41-37+,42-38+,45-39+/t46?,47?,48?,49-,50-,51+,52-,54-/m1/s1. The third-order valence-corrected chi connectivity index (χ3v) is 12.9. The Kier molecular flexibility index (Phi) is 40.3. The first-order valence-electron chi connectivity index (χ1n) is 26.7. The van der Waals surface area contributed by atoms with Crippen molar-refractivity contribution in [1.29, 1.82) is 0 Å². The summed E-state index contributed by atoms with van der Waals surface area (Å²) in [6, 6.07) is -1.01. The Morgan fingerprint density at radius 1 is 0.578 bits per heavy atom. The quantitative estimate of drug-likeness (QED) is 0.0232. The van der Waals surface area contributed by atoms with Crippen molar-refractivity contribution in [1.82, 2.24) is 5.32 Å². The van der Waals surface area contributed by atoms with Crippen LogP contribution in [0.15, 0.2) is 36.0 Å². The highest BCUT2D eigenvalue weighted by Crippen LogP contribution is 2.23. The van der Waals surface area contributed by atoms with E-state index in [1.165, 1.54) is 186 Å². The van der Waals surface area contributed by atoms with Crippen LogP contribution < -0.4 is 5.32 Å². The summed E-state index contributed by atoms with van der Waals surface area (Å²) in [6.07, 6.45) is 41.9. The zero-order valence-electron chi connectivity index (χ0n) is 41.4. The van der Waals surface area contributed by atoms with Gasteiger partial charge in [-0.15, -0.1) is 0 Å². The van der Waals surface area contributed by atoms with Crippen LogP contribution in [0.3, 0.4) is 0 Å². The zero-order valence-corrected chi connectivity index (χ0v) is 41.4. The van der Waals surface area contributed by atoms with Gasteiger partial charge in [0.25, 0.3) is 5.91 Å². The SMILES string of the molecule is CCCCCCCCCCCC/C=C(\C)CCCCCCCCCCC/C=C/C(O)C(CO[C@@H]1O[C@H](CO)[C@@H](O)[C@H](O)[C@H]1O)NC(=O)C(O)/C=C/CCCCCCCCCCCCC. The lowest BCUT2D eigenvalue weighted by atomic mass is 9.99. The van der Waals surface area contributed by atoms with E-state index in [1.807, 2.05) is 12.2 Å². The molecule has 376 valence electrons. The van der Waals surface area contributed by atoms with E-state index in [0.29, 0.717) is 0 Å². The van der Waals surface area contributed by atoms with Gasteiger partial charge in [-0.1, -0.05) is 217 Å². The Balaban J connectivity index is 2.36. The smallest absolute Gasteiger partial charge is 0.253 e. The number of hydrogen-bond acceptors (Lipinski definition) is 9. The molecule has 0 aromatic carbocycles. The van der Waals surface area contributed by atoms with Crippen molar-refractivity contribution in [3.8, 4) is 0 Å². The number of allylic oxidation sites excluding steroid dienone is 4. The van der Waals surface area contributed by atoms with Gasteiger partial charge in [0.1, 0.15) is 24.4 Å². The fraction of sp³-hybridized carbons (Fsp3) is 0.870. The Hall–Kier alpha value is -1.63. The number of hydrogen-bond donors (Lipinski definition) is 7. The number of unbranched alkanes of at least 4 members (excludes halogenated alkanes) is 30. The van der Waals surface area contributed by atoms with Crippen molar-refractivity contribution in [3.05, 3.63) is 36.0 Å². The van der Waals surface area contributed by atoms with Crippen LogP contribution in [0, 0.1) is 0 Å². The summed E-state index contributed by atoms with van der Waals surface area (Å²) in [4.78, 5) is 13.0. The minimum absolute atomic E-state index is 0.329. The van der Waals surface area contributed by atoms with Crippen LogP contribution in [0.2, 0.25) is 0 Å². The number of ether oxygens (including phenoxy) is 2. The molecule has 1 aliphatic heterocycles. The molecule has 64 heavy (non-hydrogen) atoms. The number of rotatable bonds is 44. The van der Waals surface area contributed by atoms with E-state index < -0.39 is 61.5 Å². The molecule has 1 amide bonds. The van der Waals surface area contributed by atoms with Gasteiger partial charge < -0.3 is 45.4 Å². The van der Waals surface area contributed by atoms with Gasteiger partial charge in [0.15, 0.2) is 12.4 Å². The molecule has 1 aliphatic rings. The molecule has 8 atom stereocenters. The fourth-order valence-corrected chi connectivity index (χ4v) is 8.49. The van der Waals surface area contributed by atoms with Crippen molar-refractivity contribution in [2.45, 2.75) is 288 Å². The van der Waals surface area contributed by atoms with Crippen LogP contribution in [0.1, 0.15) is 239 Å². The Morgan fingerprint density at radius 2 is 1.00 bits per heavy atom. The van der Waals surface area contributed by atoms with Crippen molar-refractivity contribution in [3.63, 3.8) is 0 Å². The largest absolute Gasteiger partial charge is 0.394 e. The minimum atomic E-state index is -1.62. The molecule has 1 heterocycles. The van der Waals surface area contributed by atoms with Gasteiger partial charge in [-0.2, -0.15) is 0 Å². The van der Waals surface area contributed by atoms with Gasteiger partial charge in [0, 0.05) is 0 Å². The Labute approximate surface area is 392 Å². The van der Waals surface area contributed by atoms with Gasteiger partial charge in [0.05, 0.1) is 25.4 Å². The van der Waals surface area contributed by atoms with Crippen LogP contribution in [0.5, 0.6) is 0 Å². The summed E-state index contributed by atoms with van der Waals surface area (Å²) < 4.78 is 11.1. The second kappa shape index (κ2) is 42.7. The molecule has 0 bridgehead atoms. The lowest BCUT2D eigenvalue weighted by molar-refractivity contribution is -0.302. The van der Waals surface area contributed by atoms with Crippen LogP contribution in [0.4, 0.5) is 0 Å². The van der Waals surface area contributed by atoms with Gasteiger partial charge >= 0.3 is 0 Å². The summed E-state index contributed by atoms with van der Waals surface area (Å²) in [6.45, 7) is 5.89. The van der Waals surface area contributed by atoms with Crippen LogP contribution in [-0.4, -0.2) is 98.7 Å². The molecule has 0 spiro atoms. The number of carbonyl (C=O) groups excluding carboxylic acids is 1. The lowest BCUT2D eigenvalue weighted by Gasteiger charge is -2.40. The zero-order chi connectivity index (χ0) is 46.9. The molecule has 10 nitrogen and oxygen atoms in total. The summed E-state index contributed by atoms with van der Waals surface area (Å²) >= 11 is 0. The lowest BCUT2D eigenvalue weighted by Crippen LogP contribution is -2.60. The van der Waals surface area contributed by atoms with Crippen molar-refractivity contribution in [2.24, 2.45) is 0 Å². The molecule has 0 saturated carbocycles. The molecule has 10 heteroatoms. The number of amides is 1. The average molecular weight is 908 g/mol. The molecular weight excluding hydrogens is 807 g/mol. The van der Waals surface area contributed by atoms with Gasteiger partial charge in [-0.25, -0.2) is 0 Å². The van der Waals surface area contributed by atoms with Gasteiger partial charge in [-0.3, -0.25) is 4.79 Å². The third-order valence-electron chi connectivity index (χ3n) is 12.9. The molecule has 1 fully saturated rings. The van der Waals surface area contributed by atoms with E-state index in [9.17, 15) is 35.4 Å². The van der Waals surface area contributed by atoms with Crippen molar-refractivity contribution < 1.29 is 44.9 Å². The van der Waals surface area contributed by atoms with Crippen LogP contribution in [0.25, 0.3) is 0 Å². The molecule has 0 radical (unpaired) electrons. The number of aliphatic hydroxyl groups is 6. The first kappa shape index (κ1) is 60.4. The normalized spacial score (nSPS) is 21.0. The predicted octanol–water partition coefficient (Wildman–Crippen LogP) is 11.4. The fourth-order valence-electron chi connectivity index (χ4n) is 8.49. The second-order valence-electron chi connectivity index (χ2n) is 19.0. The maximum absolute atomic E-state index is 13.0. The van der Waals surface area contributed by atoms with Gasteiger partial charge in [0.2, 0.25) is 0 Å². The summed E-state index contributed by atoms with van der Waals surface area (Å²) in [5.41, 5.74) is 1.56. The maximum atomic E-state index is 13.0.